The van der Waals surface area contributed by atoms with Crippen LogP contribution < -0.4 is 9.47 Å². The van der Waals surface area contributed by atoms with E-state index < -0.39 is 12.2 Å². The lowest BCUT2D eigenvalue weighted by molar-refractivity contribution is 0.00136. The van der Waals surface area contributed by atoms with E-state index in [-0.39, 0.29) is 18.0 Å². The second-order valence-corrected chi connectivity index (χ2v) is 7.82. The Labute approximate surface area is 164 Å². The van der Waals surface area contributed by atoms with Crippen molar-refractivity contribution < 1.29 is 24.1 Å². The zero-order chi connectivity index (χ0) is 19.5. The fourth-order valence-electron chi connectivity index (χ4n) is 4.17. The van der Waals surface area contributed by atoms with Gasteiger partial charge in [0.2, 0.25) is 0 Å². The maximum atomic E-state index is 13.3. The van der Waals surface area contributed by atoms with Crippen molar-refractivity contribution in [2.75, 3.05) is 0 Å². The molecule has 2 aliphatic rings. The molecule has 0 fully saturated rings. The van der Waals surface area contributed by atoms with E-state index in [2.05, 4.69) is 6.07 Å². The van der Waals surface area contributed by atoms with E-state index in [1.54, 1.807) is 6.07 Å². The van der Waals surface area contributed by atoms with Gasteiger partial charge in [-0.15, -0.1) is 0 Å². The molecule has 0 amide bonds. The van der Waals surface area contributed by atoms with Crippen LogP contribution in [-0.2, 0) is 12.8 Å². The molecule has 0 bridgehead atoms. The summed E-state index contributed by atoms with van der Waals surface area (Å²) in [7, 11) is 0. The molecular formula is C23H27FO4. The number of hydrogen-bond donors (Lipinski definition) is 2. The first-order chi connectivity index (χ1) is 13.6. The van der Waals surface area contributed by atoms with Gasteiger partial charge >= 0.3 is 0 Å². The Balaban J connectivity index is 1.23. The van der Waals surface area contributed by atoms with Gasteiger partial charge in [-0.05, 0) is 80.3 Å². The molecule has 0 saturated carbocycles. The summed E-state index contributed by atoms with van der Waals surface area (Å²) in [6.07, 6.45) is 3.30. The van der Waals surface area contributed by atoms with Crippen molar-refractivity contribution in [2.45, 2.75) is 69.4 Å². The molecule has 0 aliphatic carbocycles. The molecule has 4 unspecified atom stereocenters. The molecule has 2 N–H and O–H groups in total. The Bertz CT molecular complexity index is 809. The molecule has 4 rings (SSSR count). The molecular weight excluding hydrogens is 359 g/mol. The minimum Gasteiger partial charge on any atom is -0.487 e. The lowest BCUT2D eigenvalue weighted by atomic mass is 9.94. The Morgan fingerprint density at radius 1 is 0.857 bits per heavy atom. The topological polar surface area (TPSA) is 58.9 Å². The first kappa shape index (κ1) is 19.2. The number of aliphatic hydroxyl groups is 2. The number of ether oxygens (including phenoxy) is 2. The van der Waals surface area contributed by atoms with Crippen LogP contribution in [0.5, 0.6) is 11.5 Å². The maximum Gasteiger partial charge on any atom is 0.125 e. The highest BCUT2D eigenvalue weighted by molar-refractivity contribution is 5.36. The zero-order valence-corrected chi connectivity index (χ0v) is 15.9. The molecule has 28 heavy (non-hydrogen) atoms. The SMILES string of the molecule is OC(CCCC(O)C1CCc2cc(F)ccc2O1)C1CCc2ccccc2O1. The van der Waals surface area contributed by atoms with E-state index in [1.165, 1.54) is 17.7 Å². The first-order valence-corrected chi connectivity index (χ1v) is 10.2. The highest BCUT2D eigenvalue weighted by atomic mass is 19.1. The van der Waals surface area contributed by atoms with Crippen molar-refractivity contribution in [1.82, 2.24) is 0 Å². The summed E-state index contributed by atoms with van der Waals surface area (Å²) in [4.78, 5) is 0. The van der Waals surface area contributed by atoms with Gasteiger partial charge < -0.3 is 19.7 Å². The summed E-state index contributed by atoms with van der Waals surface area (Å²) in [5, 5.41) is 21.0. The summed E-state index contributed by atoms with van der Waals surface area (Å²) < 4.78 is 25.1. The van der Waals surface area contributed by atoms with Crippen LogP contribution in [0.25, 0.3) is 0 Å². The summed E-state index contributed by atoms with van der Waals surface area (Å²) in [5.74, 6) is 1.26. The van der Waals surface area contributed by atoms with E-state index in [0.717, 1.165) is 24.2 Å². The van der Waals surface area contributed by atoms with E-state index in [4.69, 9.17) is 9.47 Å². The third-order valence-electron chi connectivity index (χ3n) is 5.81. The highest BCUT2D eigenvalue weighted by Gasteiger charge is 2.28. The van der Waals surface area contributed by atoms with Crippen molar-refractivity contribution in [3.63, 3.8) is 0 Å². The van der Waals surface area contributed by atoms with Crippen LogP contribution in [-0.4, -0.2) is 34.6 Å². The van der Waals surface area contributed by atoms with Crippen LogP contribution in [0.3, 0.4) is 0 Å². The van der Waals surface area contributed by atoms with Crippen LogP contribution in [0.2, 0.25) is 0 Å². The van der Waals surface area contributed by atoms with Crippen LogP contribution in [0.15, 0.2) is 42.5 Å². The molecule has 0 spiro atoms. The number of halogens is 1. The number of aryl methyl sites for hydroxylation is 2. The standard InChI is InChI=1S/C23H27FO4/c24-17-10-13-21-16(14-17)9-12-23(28-21)19(26)6-3-5-18(25)22-11-8-15-4-1-2-7-20(15)27-22/h1-2,4,7,10,13-14,18-19,22-23,25-26H,3,5-6,8-9,11-12H2. The van der Waals surface area contributed by atoms with Crippen LogP contribution in [0.4, 0.5) is 4.39 Å². The third kappa shape index (κ3) is 4.31. The molecule has 4 atom stereocenters. The predicted octanol–water partition coefficient (Wildman–Crippen LogP) is 3.81. The Hall–Kier alpha value is -2.11. The molecule has 2 heterocycles. The van der Waals surface area contributed by atoms with Crippen molar-refractivity contribution in [3.8, 4) is 11.5 Å². The Morgan fingerprint density at radius 3 is 2.18 bits per heavy atom. The predicted molar refractivity (Wildman–Crippen MR) is 104 cm³/mol. The van der Waals surface area contributed by atoms with Gasteiger partial charge in [0.05, 0.1) is 12.2 Å². The van der Waals surface area contributed by atoms with E-state index >= 15 is 0 Å². The van der Waals surface area contributed by atoms with E-state index in [1.807, 2.05) is 18.2 Å². The molecule has 2 aromatic rings. The third-order valence-corrected chi connectivity index (χ3v) is 5.81. The number of fused-ring (bicyclic) bond motifs is 2. The number of para-hydroxylation sites is 1. The molecule has 2 aliphatic heterocycles. The van der Waals surface area contributed by atoms with Gasteiger partial charge in [0.15, 0.2) is 0 Å². The van der Waals surface area contributed by atoms with Crippen molar-refractivity contribution in [3.05, 3.63) is 59.4 Å². The van der Waals surface area contributed by atoms with Crippen LogP contribution in [0.1, 0.15) is 43.2 Å². The highest BCUT2D eigenvalue weighted by Crippen LogP contribution is 2.31. The number of benzene rings is 2. The van der Waals surface area contributed by atoms with Gasteiger partial charge in [-0.1, -0.05) is 18.2 Å². The summed E-state index contributed by atoms with van der Waals surface area (Å²) in [6.45, 7) is 0. The Kier molecular flexibility index (Phi) is 5.83. The van der Waals surface area contributed by atoms with Crippen molar-refractivity contribution >= 4 is 0 Å². The fourth-order valence-corrected chi connectivity index (χ4v) is 4.17. The molecule has 150 valence electrons. The van der Waals surface area contributed by atoms with E-state index in [9.17, 15) is 14.6 Å². The molecule has 4 nitrogen and oxygen atoms in total. The summed E-state index contributed by atoms with van der Waals surface area (Å²) in [6, 6.07) is 12.5. The second kappa shape index (κ2) is 8.50. The average molecular weight is 386 g/mol. The minimum atomic E-state index is -0.599. The van der Waals surface area contributed by atoms with Gasteiger partial charge in [0.1, 0.15) is 29.5 Å². The average Bonchev–Trinajstić information content (AvgIpc) is 2.72. The zero-order valence-electron chi connectivity index (χ0n) is 15.9. The summed E-state index contributed by atoms with van der Waals surface area (Å²) >= 11 is 0. The molecule has 0 saturated heterocycles. The normalized spacial score (nSPS) is 23.0. The minimum absolute atomic E-state index is 0.195. The van der Waals surface area contributed by atoms with Gasteiger partial charge in [-0.3, -0.25) is 0 Å². The molecule has 0 radical (unpaired) electrons. The monoisotopic (exact) mass is 386 g/mol. The maximum absolute atomic E-state index is 13.3. The smallest absolute Gasteiger partial charge is 0.125 e. The Morgan fingerprint density at radius 2 is 1.46 bits per heavy atom. The van der Waals surface area contributed by atoms with Gasteiger partial charge in [-0.2, -0.15) is 0 Å². The van der Waals surface area contributed by atoms with Gasteiger partial charge in [-0.25, -0.2) is 4.39 Å². The van der Waals surface area contributed by atoms with Gasteiger partial charge in [0, 0.05) is 0 Å². The number of aliphatic hydroxyl groups excluding tert-OH is 2. The summed E-state index contributed by atoms with van der Waals surface area (Å²) in [5.41, 5.74) is 2.05. The molecule has 2 aromatic carbocycles. The largest absolute Gasteiger partial charge is 0.487 e. The molecule has 5 heteroatoms. The first-order valence-electron chi connectivity index (χ1n) is 10.2. The lowest BCUT2D eigenvalue weighted by Gasteiger charge is -2.31. The van der Waals surface area contributed by atoms with E-state index in [0.29, 0.717) is 37.9 Å². The van der Waals surface area contributed by atoms with Crippen LogP contribution in [0, 0.1) is 5.82 Å². The quantitative estimate of drug-likeness (QED) is 0.793. The number of rotatable bonds is 6. The number of hydrogen-bond acceptors (Lipinski definition) is 4. The van der Waals surface area contributed by atoms with Gasteiger partial charge in [0.25, 0.3) is 0 Å². The van der Waals surface area contributed by atoms with Crippen LogP contribution >= 0.6 is 0 Å². The second-order valence-electron chi connectivity index (χ2n) is 7.82. The lowest BCUT2D eigenvalue weighted by Crippen LogP contribution is -2.36. The van der Waals surface area contributed by atoms with Crippen molar-refractivity contribution in [1.29, 1.82) is 0 Å². The van der Waals surface area contributed by atoms with Crippen molar-refractivity contribution in [2.24, 2.45) is 0 Å². The molecule has 0 aromatic heterocycles. The fraction of sp³-hybridized carbons (Fsp3) is 0.478.